The van der Waals surface area contributed by atoms with E-state index in [9.17, 15) is 4.79 Å². The highest BCUT2D eigenvalue weighted by Gasteiger charge is 2.28. The van der Waals surface area contributed by atoms with E-state index in [1.54, 1.807) is 0 Å². The van der Waals surface area contributed by atoms with E-state index >= 15 is 0 Å². The van der Waals surface area contributed by atoms with Crippen molar-refractivity contribution in [3.8, 4) is 6.07 Å². The van der Waals surface area contributed by atoms with Gasteiger partial charge in [0.15, 0.2) is 0 Å². The molecule has 1 amide bonds. The summed E-state index contributed by atoms with van der Waals surface area (Å²) in [5.74, 6) is 0.157. The molecule has 1 fully saturated rings. The highest BCUT2D eigenvalue weighted by molar-refractivity contribution is 5.77. The van der Waals surface area contributed by atoms with E-state index in [0.717, 1.165) is 30.5 Å². The zero-order chi connectivity index (χ0) is 14.5. The quantitative estimate of drug-likeness (QED) is 0.826. The summed E-state index contributed by atoms with van der Waals surface area (Å²) in [5, 5.41) is 12.0. The minimum atomic E-state index is -0.0224. The third-order valence-electron chi connectivity index (χ3n) is 4.03. The van der Waals surface area contributed by atoms with Crippen molar-refractivity contribution in [3.63, 3.8) is 0 Å². The van der Waals surface area contributed by atoms with Crippen LogP contribution in [-0.2, 0) is 4.79 Å². The van der Waals surface area contributed by atoms with E-state index in [1.165, 1.54) is 0 Å². The van der Waals surface area contributed by atoms with E-state index < -0.39 is 0 Å². The van der Waals surface area contributed by atoms with Crippen LogP contribution < -0.4 is 11.1 Å². The van der Waals surface area contributed by atoms with Gasteiger partial charge in [-0.1, -0.05) is 19.1 Å². The number of nitrogens with two attached hydrogens (primary N) is 1. The number of nitrogens with zero attached hydrogens (tertiary/aromatic N) is 1. The number of carbonyl (C=O) groups is 1. The Morgan fingerprint density at radius 3 is 2.80 bits per heavy atom. The maximum atomic E-state index is 12.1. The maximum Gasteiger partial charge on any atom is 0.220 e. The lowest BCUT2D eigenvalue weighted by atomic mass is 9.96. The van der Waals surface area contributed by atoms with Gasteiger partial charge in [-0.3, -0.25) is 4.79 Å². The van der Waals surface area contributed by atoms with Crippen LogP contribution in [0.1, 0.15) is 44.1 Å². The number of hydrogen-bond acceptors (Lipinski definition) is 3. The molecule has 0 aromatic heterocycles. The molecule has 0 saturated heterocycles. The van der Waals surface area contributed by atoms with Crippen LogP contribution in [0.4, 0.5) is 5.69 Å². The predicted molar refractivity (Wildman–Crippen MR) is 78.8 cm³/mol. The first-order chi connectivity index (χ1) is 9.60. The minimum Gasteiger partial charge on any atom is -0.399 e. The number of nitriles is 1. The topological polar surface area (TPSA) is 78.9 Å². The lowest BCUT2D eigenvalue weighted by molar-refractivity contribution is -0.122. The van der Waals surface area contributed by atoms with E-state index in [-0.39, 0.29) is 23.8 Å². The van der Waals surface area contributed by atoms with Crippen molar-refractivity contribution in [2.75, 3.05) is 5.73 Å². The molecule has 20 heavy (non-hydrogen) atoms. The van der Waals surface area contributed by atoms with Gasteiger partial charge < -0.3 is 11.1 Å². The number of rotatable bonds is 4. The van der Waals surface area contributed by atoms with Crippen molar-refractivity contribution in [3.05, 3.63) is 29.8 Å². The second kappa shape index (κ2) is 6.42. The van der Waals surface area contributed by atoms with Crippen molar-refractivity contribution < 1.29 is 4.79 Å². The first kappa shape index (κ1) is 14.4. The van der Waals surface area contributed by atoms with Gasteiger partial charge in [0.05, 0.1) is 12.0 Å². The Balaban J connectivity index is 1.88. The molecule has 1 aromatic rings. The van der Waals surface area contributed by atoms with Crippen LogP contribution in [0.15, 0.2) is 24.3 Å². The average Bonchev–Trinajstić information content (AvgIpc) is 2.86. The lowest BCUT2D eigenvalue weighted by Gasteiger charge is -2.18. The van der Waals surface area contributed by atoms with E-state index in [4.69, 9.17) is 11.0 Å². The number of nitrogen functional groups attached to an aromatic ring is 1. The molecular weight excluding hydrogens is 250 g/mol. The van der Waals surface area contributed by atoms with Gasteiger partial charge in [-0.2, -0.15) is 5.26 Å². The number of hydrogen-bond donors (Lipinski definition) is 2. The third-order valence-corrected chi connectivity index (χ3v) is 4.03. The summed E-state index contributed by atoms with van der Waals surface area (Å²) >= 11 is 0. The molecule has 0 spiro atoms. The van der Waals surface area contributed by atoms with Crippen LogP contribution in [-0.4, -0.2) is 11.9 Å². The van der Waals surface area contributed by atoms with Crippen LogP contribution >= 0.6 is 0 Å². The molecule has 3 unspecified atom stereocenters. The molecule has 0 bridgehead atoms. The summed E-state index contributed by atoms with van der Waals surface area (Å²) in [6.07, 6.45) is 3.28. The fraction of sp³-hybridized carbons (Fsp3) is 0.500. The van der Waals surface area contributed by atoms with Crippen molar-refractivity contribution in [2.45, 2.75) is 44.6 Å². The first-order valence-corrected chi connectivity index (χ1v) is 7.14. The monoisotopic (exact) mass is 271 g/mol. The Bertz CT molecular complexity index is 503. The molecule has 1 saturated carbocycles. The summed E-state index contributed by atoms with van der Waals surface area (Å²) in [6, 6.07) is 9.94. The van der Waals surface area contributed by atoms with Gasteiger partial charge in [0, 0.05) is 18.2 Å². The van der Waals surface area contributed by atoms with Crippen molar-refractivity contribution in [2.24, 2.45) is 5.92 Å². The summed E-state index contributed by atoms with van der Waals surface area (Å²) in [7, 11) is 0. The van der Waals surface area contributed by atoms with Crippen LogP contribution in [0.25, 0.3) is 0 Å². The summed E-state index contributed by atoms with van der Waals surface area (Å²) in [4.78, 5) is 12.1. The maximum absolute atomic E-state index is 12.1. The molecular formula is C16H21N3O. The lowest BCUT2D eigenvalue weighted by Crippen LogP contribution is -2.37. The molecule has 3 N–H and O–H groups in total. The Morgan fingerprint density at radius 1 is 1.45 bits per heavy atom. The number of benzene rings is 1. The predicted octanol–water partition coefficient (Wildman–Crippen LogP) is 2.57. The van der Waals surface area contributed by atoms with Gasteiger partial charge in [-0.05, 0) is 42.9 Å². The molecule has 0 heterocycles. The summed E-state index contributed by atoms with van der Waals surface area (Å²) in [5.41, 5.74) is 7.50. The third kappa shape index (κ3) is 3.51. The van der Waals surface area contributed by atoms with Crippen LogP contribution in [0, 0.1) is 17.2 Å². The van der Waals surface area contributed by atoms with Gasteiger partial charge >= 0.3 is 0 Å². The molecule has 1 aliphatic carbocycles. The van der Waals surface area contributed by atoms with Gasteiger partial charge in [-0.25, -0.2) is 0 Å². The highest BCUT2D eigenvalue weighted by Crippen LogP contribution is 2.26. The Kier molecular flexibility index (Phi) is 4.62. The number of anilines is 1. The Hall–Kier alpha value is -2.02. The molecule has 4 heteroatoms. The second-order valence-corrected chi connectivity index (χ2v) is 5.61. The molecule has 1 aliphatic rings. The van der Waals surface area contributed by atoms with Gasteiger partial charge in [0.1, 0.15) is 0 Å². The van der Waals surface area contributed by atoms with E-state index in [0.29, 0.717) is 6.42 Å². The van der Waals surface area contributed by atoms with E-state index in [2.05, 4.69) is 11.4 Å². The zero-order valence-corrected chi connectivity index (χ0v) is 11.8. The molecule has 4 nitrogen and oxygen atoms in total. The molecule has 2 rings (SSSR count). The van der Waals surface area contributed by atoms with Crippen LogP contribution in [0.5, 0.6) is 0 Å². The fourth-order valence-corrected chi connectivity index (χ4v) is 2.77. The first-order valence-electron chi connectivity index (χ1n) is 7.14. The van der Waals surface area contributed by atoms with Crippen molar-refractivity contribution in [1.29, 1.82) is 5.26 Å². The largest absolute Gasteiger partial charge is 0.399 e. The highest BCUT2D eigenvalue weighted by atomic mass is 16.1. The van der Waals surface area contributed by atoms with Gasteiger partial charge in [0.25, 0.3) is 0 Å². The average molecular weight is 271 g/mol. The number of carbonyl (C=O) groups excluding carboxylic acids is 1. The minimum absolute atomic E-state index is 0.0224. The van der Waals surface area contributed by atoms with E-state index in [1.807, 2.05) is 31.2 Å². The van der Waals surface area contributed by atoms with Crippen LogP contribution in [0.2, 0.25) is 0 Å². The fourth-order valence-electron chi connectivity index (χ4n) is 2.77. The van der Waals surface area contributed by atoms with Crippen molar-refractivity contribution >= 4 is 11.6 Å². The van der Waals surface area contributed by atoms with Gasteiger partial charge in [-0.15, -0.1) is 0 Å². The Labute approximate surface area is 120 Å². The molecule has 0 radical (unpaired) electrons. The van der Waals surface area contributed by atoms with Gasteiger partial charge in [0.2, 0.25) is 5.91 Å². The normalized spacial score (nSPS) is 23.0. The smallest absolute Gasteiger partial charge is 0.220 e. The van der Waals surface area contributed by atoms with Crippen molar-refractivity contribution in [1.82, 2.24) is 5.32 Å². The molecule has 3 atom stereocenters. The summed E-state index contributed by atoms with van der Waals surface area (Å²) < 4.78 is 0. The van der Waals surface area contributed by atoms with Crippen LogP contribution in [0.3, 0.4) is 0 Å². The number of amides is 1. The molecule has 0 aliphatic heterocycles. The Morgan fingerprint density at radius 2 is 2.15 bits per heavy atom. The molecule has 1 aromatic carbocycles. The summed E-state index contributed by atoms with van der Waals surface area (Å²) in [6.45, 7) is 2.03. The zero-order valence-electron chi connectivity index (χ0n) is 11.8. The second-order valence-electron chi connectivity index (χ2n) is 5.61. The SMILES string of the molecule is CC(CC(=O)NC1CCCC1C#N)c1ccc(N)cc1. The number of nitrogens with one attached hydrogen (secondary N) is 1. The molecule has 106 valence electrons. The standard InChI is InChI=1S/C16H21N3O/c1-11(12-5-7-14(18)8-6-12)9-16(20)19-15-4-2-3-13(15)10-17/h5-8,11,13,15H,2-4,9,18H2,1H3,(H,19,20).